The molecule has 0 spiro atoms. The summed E-state index contributed by atoms with van der Waals surface area (Å²) in [5, 5.41) is 6.38. The summed E-state index contributed by atoms with van der Waals surface area (Å²) >= 11 is 5.83. The Morgan fingerprint density at radius 3 is 2.53 bits per heavy atom. The fourth-order valence-corrected chi connectivity index (χ4v) is 2.83. The van der Waals surface area contributed by atoms with Gasteiger partial charge >= 0.3 is 0 Å². The highest BCUT2D eigenvalue weighted by atomic mass is 35.5. The first kappa shape index (κ1) is 21.3. The monoisotopic (exact) mass is 423 g/mol. The Morgan fingerprint density at radius 1 is 1.00 bits per heavy atom. The molecule has 30 heavy (non-hydrogen) atoms. The number of hydrogen-bond acceptors (Lipinski definition) is 4. The highest BCUT2D eigenvalue weighted by molar-refractivity contribution is 6.30. The van der Waals surface area contributed by atoms with E-state index in [1.165, 1.54) is 0 Å². The molecule has 3 aromatic rings. The zero-order valence-electron chi connectivity index (χ0n) is 16.3. The third-order valence-electron chi connectivity index (χ3n) is 4.25. The van der Waals surface area contributed by atoms with Gasteiger partial charge in [0.25, 0.3) is 5.91 Å². The molecule has 0 aliphatic rings. The third-order valence-corrected chi connectivity index (χ3v) is 4.50. The molecule has 0 bridgehead atoms. The van der Waals surface area contributed by atoms with E-state index in [9.17, 15) is 9.59 Å². The number of ether oxygens (including phenoxy) is 1. The first-order valence-corrected chi connectivity index (χ1v) is 9.93. The van der Waals surface area contributed by atoms with Gasteiger partial charge < -0.3 is 15.4 Å². The van der Waals surface area contributed by atoms with Crippen LogP contribution in [0, 0.1) is 0 Å². The minimum atomic E-state index is -0.209. The lowest BCUT2D eigenvalue weighted by atomic mass is 10.2. The summed E-state index contributed by atoms with van der Waals surface area (Å²) in [5.41, 5.74) is 2.10. The zero-order valence-corrected chi connectivity index (χ0v) is 17.1. The van der Waals surface area contributed by atoms with Crippen molar-refractivity contribution in [3.8, 4) is 5.75 Å². The number of amides is 2. The second-order valence-corrected chi connectivity index (χ2v) is 7.01. The van der Waals surface area contributed by atoms with Gasteiger partial charge in [0.05, 0.1) is 6.61 Å². The fraction of sp³-hybridized carbons (Fsp3) is 0.174. The van der Waals surface area contributed by atoms with Gasteiger partial charge in [-0.3, -0.25) is 14.6 Å². The highest BCUT2D eigenvalue weighted by Crippen LogP contribution is 2.16. The van der Waals surface area contributed by atoms with Crippen LogP contribution in [0.25, 0.3) is 0 Å². The van der Waals surface area contributed by atoms with Crippen LogP contribution >= 0.6 is 11.6 Å². The molecule has 0 atom stereocenters. The molecule has 1 heterocycles. The van der Waals surface area contributed by atoms with Crippen molar-refractivity contribution in [3.05, 3.63) is 89.2 Å². The normalized spacial score (nSPS) is 10.3. The largest absolute Gasteiger partial charge is 0.494 e. The van der Waals surface area contributed by atoms with E-state index in [4.69, 9.17) is 16.3 Å². The van der Waals surface area contributed by atoms with Gasteiger partial charge in [-0.15, -0.1) is 0 Å². The van der Waals surface area contributed by atoms with Crippen LogP contribution in [0.2, 0.25) is 5.02 Å². The molecule has 2 amide bonds. The minimum Gasteiger partial charge on any atom is -0.494 e. The number of pyridine rings is 1. The van der Waals surface area contributed by atoms with Crippen molar-refractivity contribution >= 4 is 29.1 Å². The van der Waals surface area contributed by atoms with E-state index in [1.807, 2.05) is 18.2 Å². The smallest absolute Gasteiger partial charge is 0.255 e. The molecular formula is C23H22ClN3O3. The van der Waals surface area contributed by atoms with Crippen molar-refractivity contribution in [2.45, 2.75) is 19.4 Å². The van der Waals surface area contributed by atoms with Crippen LogP contribution in [-0.2, 0) is 11.3 Å². The third kappa shape index (κ3) is 6.90. The summed E-state index contributed by atoms with van der Waals surface area (Å²) in [7, 11) is 0. The summed E-state index contributed by atoms with van der Waals surface area (Å²) in [6.45, 7) is 0.835. The maximum Gasteiger partial charge on any atom is 0.255 e. The SMILES string of the molecule is O=C(CCCOc1ccc(Cl)cc1)NCc1cccc(NC(=O)c2ccncc2)c1. The minimum absolute atomic E-state index is 0.0547. The molecule has 1 aromatic heterocycles. The number of halogens is 1. The summed E-state index contributed by atoms with van der Waals surface area (Å²) in [6.07, 6.45) is 4.12. The van der Waals surface area contributed by atoms with Gasteiger partial charge in [0.15, 0.2) is 0 Å². The molecule has 0 saturated carbocycles. The van der Waals surface area contributed by atoms with Crippen LogP contribution in [0.4, 0.5) is 5.69 Å². The van der Waals surface area contributed by atoms with Crippen molar-refractivity contribution < 1.29 is 14.3 Å². The van der Waals surface area contributed by atoms with Gasteiger partial charge in [-0.1, -0.05) is 23.7 Å². The molecule has 0 aliphatic heterocycles. The summed E-state index contributed by atoms with van der Waals surface area (Å²) in [4.78, 5) is 28.2. The number of benzene rings is 2. The molecule has 0 unspecified atom stereocenters. The molecule has 0 saturated heterocycles. The Bertz CT molecular complexity index is 978. The quantitative estimate of drug-likeness (QED) is 0.498. The van der Waals surface area contributed by atoms with Gasteiger partial charge in [-0.05, 0) is 60.5 Å². The molecule has 3 rings (SSSR count). The number of nitrogens with zero attached hydrogens (tertiary/aromatic N) is 1. The van der Waals surface area contributed by atoms with Gasteiger partial charge in [0, 0.05) is 41.6 Å². The van der Waals surface area contributed by atoms with Crippen LogP contribution in [0.15, 0.2) is 73.1 Å². The van der Waals surface area contributed by atoms with Gasteiger partial charge in [-0.2, -0.15) is 0 Å². The lowest BCUT2D eigenvalue weighted by molar-refractivity contribution is -0.121. The van der Waals surface area contributed by atoms with Crippen molar-refractivity contribution in [2.24, 2.45) is 0 Å². The fourth-order valence-electron chi connectivity index (χ4n) is 2.71. The Morgan fingerprint density at radius 2 is 1.77 bits per heavy atom. The molecule has 0 radical (unpaired) electrons. The summed E-state index contributed by atoms with van der Waals surface area (Å²) in [5.74, 6) is 0.464. The van der Waals surface area contributed by atoms with Gasteiger partial charge in [0.1, 0.15) is 5.75 Å². The van der Waals surface area contributed by atoms with Crippen LogP contribution in [-0.4, -0.2) is 23.4 Å². The molecule has 2 aromatic carbocycles. The van der Waals surface area contributed by atoms with E-state index in [1.54, 1.807) is 54.9 Å². The van der Waals surface area contributed by atoms with Crippen LogP contribution in [0.3, 0.4) is 0 Å². The molecular weight excluding hydrogens is 402 g/mol. The number of anilines is 1. The van der Waals surface area contributed by atoms with E-state index in [2.05, 4.69) is 15.6 Å². The standard InChI is InChI=1S/C23H22ClN3O3/c24-19-6-8-21(9-7-19)30-14-2-5-22(28)26-16-17-3-1-4-20(15-17)27-23(29)18-10-12-25-13-11-18/h1,3-4,6-13,15H,2,5,14,16H2,(H,26,28)(H,27,29). The van der Waals surface area contributed by atoms with Crippen molar-refractivity contribution in [1.29, 1.82) is 0 Å². The number of carbonyl (C=O) groups is 2. The molecule has 0 aliphatic carbocycles. The predicted molar refractivity (Wildman–Crippen MR) is 117 cm³/mol. The second kappa shape index (κ2) is 11.0. The zero-order chi connectivity index (χ0) is 21.2. The maximum atomic E-state index is 12.2. The van der Waals surface area contributed by atoms with Gasteiger partial charge in [-0.25, -0.2) is 0 Å². The lowest BCUT2D eigenvalue weighted by Crippen LogP contribution is -2.23. The number of carbonyl (C=O) groups excluding carboxylic acids is 2. The Labute approximate surface area is 180 Å². The van der Waals surface area contributed by atoms with E-state index < -0.39 is 0 Å². The second-order valence-electron chi connectivity index (χ2n) is 6.57. The van der Waals surface area contributed by atoms with Crippen molar-refractivity contribution in [3.63, 3.8) is 0 Å². The van der Waals surface area contributed by atoms with E-state index in [-0.39, 0.29) is 11.8 Å². The highest BCUT2D eigenvalue weighted by Gasteiger charge is 2.07. The number of aromatic nitrogens is 1. The molecule has 154 valence electrons. The average molecular weight is 424 g/mol. The first-order chi connectivity index (χ1) is 14.6. The summed E-state index contributed by atoms with van der Waals surface area (Å²) in [6, 6.07) is 17.8. The molecule has 7 heteroatoms. The van der Waals surface area contributed by atoms with Crippen molar-refractivity contribution in [2.75, 3.05) is 11.9 Å². The average Bonchev–Trinajstić information content (AvgIpc) is 2.77. The Kier molecular flexibility index (Phi) is 7.80. The van der Waals surface area contributed by atoms with Gasteiger partial charge in [0.2, 0.25) is 5.91 Å². The molecule has 6 nitrogen and oxygen atoms in total. The number of hydrogen-bond donors (Lipinski definition) is 2. The first-order valence-electron chi connectivity index (χ1n) is 9.55. The van der Waals surface area contributed by atoms with Crippen LogP contribution in [0.1, 0.15) is 28.8 Å². The number of rotatable bonds is 9. The van der Waals surface area contributed by atoms with E-state index >= 15 is 0 Å². The lowest BCUT2D eigenvalue weighted by Gasteiger charge is -2.09. The van der Waals surface area contributed by atoms with Crippen LogP contribution in [0.5, 0.6) is 5.75 Å². The summed E-state index contributed by atoms with van der Waals surface area (Å²) < 4.78 is 5.58. The Balaban J connectivity index is 1.39. The topological polar surface area (TPSA) is 80.3 Å². The maximum absolute atomic E-state index is 12.2. The molecule has 2 N–H and O–H groups in total. The predicted octanol–water partition coefficient (Wildman–Crippen LogP) is 4.46. The van der Waals surface area contributed by atoms with E-state index in [0.717, 1.165) is 11.3 Å². The van der Waals surface area contributed by atoms with Crippen molar-refractivity contribution in [1.82, 2.24) is 10.3 Å². The Hall–Kier alpha value is -3.38. The van der Waals surface area contributed by atoms with Crippen LogP contribution < -0.4 is 15.4 Å². The molecule has 0 fully saturated rings. The number of nitrogens with one attached hydrogen (secondary N) is 2. The van der Waals surface area contributed by atoms with E-state index in [0.29, 0.717) is 42.3 Å².